The molecule has 1 amide bonds. The van der Waals surface area contributed by atoms with Crippen LogP contribution in [-0.4, -0.2) is 29.2 Å². The third kappa shape index (κ3) is 5.47. The topological polar surface area (TPSA) is 32.3 Å². The van der Waals surface area contributed by atoms with Crippen LogP contribution < -0.4 is 5.32 Å². The summed E-state index contributed by atoms with van der Waals surface area (Å²) in [6.07, 6.45) is -4.47. The Hall–Kier alpha value is -2.06. The predicted octanol–water partition coefficient (Wildman–Crippen LogP) is 4.96. The predicted molar refractivity (Wildman–Crippen MR) is 103 cm³/mol. The molecule has 0 aromatic heterocycles. The number of hydrogen-bond acceptors (Lipinski definition) is 3. The molecule has 2 aromatic rings. The molecule has 138 valence electrons. The average Bonchev–Trinajstić information content (AvgIpc) is 2.59. The highest BCUT2D eigenvalue weighted by atomic mass is 32.2. The zero-order valence-corrected chi connectivity index (χ0v) is 15.7. The lowest BCUT2D eigenvalue weighted by molar-refractivity contribution is -0.137. The van der Waals surface area contributed by atoms with Crippen LogP contribution in [0.2, 0.25) is 0 Å². The van der Waals surface area contributed by atoms with E-state index < -0.39 is 22.9 Å². The Balaban J connectivity index is 2.25. The zero-order valence-electron chi connectivity index (χ0n) is 14.1. The van der Waals surface area contributed by atoms with Crippen molar-refractivity contribution in [3.63, 3.8) is 0 Å². The van der Waals surface area contributed by atoms with Gasteiger partial charge in [-0.25, -0.2) is 0 Å². The SMILES string of the molecule is CN(C)C(=S)SC(C(=O)Nc1cccc(C(F)(F)F)c1)c1ccccc1. The molecule has 1 unspecified atom stereocenters. The highest BCUT2D eigenvalue weighted by molar-refractivity contribution is 8.23. The maximum absolute atomic E-state index is 12.9. The Morgan fingerprint density at radius 2 is 1.77 bits per heavy atom. The summed E-state index contributed by atoms with van der Waals surface area (Å²) >= 11 is 6.43. The second-order valence-electron chi connectivity index (χ2n) is 5.64. The van der Waals surface area contributed by atoms with Gasteiger partial charge >= 0.3 is 6.18 Å². The fourth-order valence-electron chi connectivity index (χ4n) is 2.09. The van der Waals surface area contributed by atoms with Crippen molar-refractivity contribution >= 4 is 39.9 Å². The molecular formula is C18H17F3N2OS2. The first kappa shape index (κ1) is 20.3. The third-order valence-electron chi connectivity index (χ3n) is 3.38. The van der Waals surface area contributed by atoms with Crippen molar-refractivity contribution in [1.82, 2.24) is 4.90 Å². The molecule has 0 spiro atoms. The maximum Gasteiger partial charge on any atom is 0.416 e. The Bertz CT molecular complexity index is 780. The van der Waals surface area contributed by atoms with E-state index in [1.807, 2.05) is 6.07 Å². The minimum atomic E-state index is -4.47. The molecule has 0 aliphatic carbocycles. The van der Waals surface area contributed by atoms with Gasteiger partial charge in [-0.05, 0) is 23.8 Å². The van der Waals surface area contributed by atoms with Crippen molar-refractivity contribution in [1.29, 1.82) is 0 Å². The zero-order chi connectivity index (χ0) is 19.3. The van der Waals surface area contributed by atoms with Gasteiger partial charge in [-0.15, -0.1) is 0 Å². The molecule has 0 saturated heterocycles. The first-order chi connectivity index (χ1) is 12.2. The van der Waals surface area contributed by atoms with Gasteiger partial charge in [0.15, 0.2) is 0 Å². The number of carbonyl (C=O) groups is 1. The highest BCUT2D eigenvalue weighted by Crippen LogP contribution is 2.34. The summed E-state index contributed by atoms with van der Waals surface area (Å²) in [7, 11) is 3.53. The van der Waals surface area contributed by atoms with Crippen LogP contribution in [0.5, 0.6) is 0 Å². The van der Waals surface area contributed by atoms with Crippen LogP contribution in [0.1, 0.15) is 16.4 Å². The van der Waals surface area contributed by atoms with E-state index in [0.29, 0.717) is 9.88 Å². The monoisotopic (exact) mass is 398 g/mol. The normalized spacial score (nSPS) is 12.3. The van der Waals surface area contributed by atoms with E-state index in [0.717, 1.165) is 12.1 Å². The number of benzene rings is 2. The molecule has 26 heavy (non-hydrogen) atoms. The van der Waals surface area contributed by atoms with Crippen molar-refractivity contribution in [3.05, 3.63) is 65.7 Å². The van der Waals surface area contributed by atoms with Crippen LogP contribution in [0.15, 0.2) is 54.6 Å². The summed E-state index contributed by atoms with van der Waals surface area (Å²) in [6, 6.07) is 13.5. The van der Waals surface area contributed by atoms with Crippen molar-refractivity contribution < 1.29 is 18.0 Å². The molecule has 0 aliphatic heterocycles. The molecule has 0 radical (unpaired) electrons. The van der Waals surface area contributed by atoms with Crippen molar-refractivity contribution in [2.45, 2.75) is 11.4 Å². The van der Waals surface area contributed by atoms with Gasteiger partial charge in [-0.3, -0.25) is 4.79 Å². The van der Waals surface area contributed by atoms with E-state index in [4.69, 9.17) is 12.2 Å². The molecule has 3 nitrogen and oxygen atoms in total. The van der Waals surface area contributed by atoms with E-state index in [9.17, 15) is 18.0 Å². The summed E-state index contributed by atoms with van der Waals surface area (Å²) < 4.78 is 39.0. The number of amides is 1. The van der Waals surface area contributed by atoms with E-state index in [1.165, 1.54) is 23.9 Å². The van der Waals surface area contributed by atoms with Gasteiger partial charge < -0.3 is 10.2 Å². The number of thioether (sulfide) groups is 1. The van der Waals surface area contributed by atoms with Gasteiger partial charge in [0.2, 0.25) is 5.91 Å². The molecule has 2 rings (SSSR count). The number of halogens is 3. The van der Waals surface area contributed by atoms with Crippen molar-refractivity contribution in [2.24, 2.45) is 0 Å². The molecule has 0 heterocycles. The van der Waals surface area contributed by atoms with Crippen LogP contribution >= 0.6 is 24.0 Å². The number of rotatable bonds is 4. The number of carbonyl (C=O) groups excluding carboxylic acids is 1. The standard InChI is InChI=1S/C18H17F3N2OS2/c1-23(2)17(25)26-15(12-7-4-3-5-8-12)16(24)22-14-10-6-9-13(11-14)18(19,20)21/h3-11,15H,1-2H3,(H,22,24). The molecule has 1 N–H and O–H groups in total. The quantitative estimate of drug-likeness (QED) is 0.738. The number of nitrogens with one attached hydrogen (secondary N) is 1. The molecular weight excluding hydrogens is 381 g/mol. The van der Waals surface area contributed by atoms with Crippen molar-refractivity contribution in [3.8, 4) is 0 Å². The Morgan fingerprint density at radius 1 is 1.12 bits per heavy atom. The third-order valence-corrected chi connectivity index (χ3v) is 5.32. The molecule has 0 aliphatic rings. The number of alkyl halides is 3. The Kier molecular flexibility index (Phi) is 6.66. The Labute approximate surface area is 159 Å². The van der Waals surface area contributed by atoms with Gasteiger partial charge in [0, 0.05) is 19.8 Å². The van der Waals surface area contributed by atoms with Gasteiger partial charge in [0.05, 0.1) is 5.56 Å². The molecule has 8 heteroatoms. The van der Waals surface area contributed by atoms with Gasteiger partial charge in [0.25, 0.3) is 0 Å². The van der Waals surface area contributed by atoms with E-state index in [1.54, 1.807) is 43.3 Å². The van der Waals surface area contributed by atoms with E-state index in [-0.39, 0.29) is 5.69 Å². The minimum absolute atomic E-state index is 0.0853. The summed E-state index contributed by atoms with van der Waals surface area (Å²) in [6.45, 7) is 0. The van der Waals surface area contributed by atoms with Gasteiger partial charge in [-0.2, -0.15) is 13.2 Å². The fraction of sp³-hybridized carbons (Fsp3) is 0.222. The lowest BCUT2D eigenvalue weighted by Crippen LogP contribution is -2.24. The first-order valence-corrected chi connectivity index (χ1v) is 8.88. The average molecular weight is 398 g/mol. The molecule has 0 bridgehead atoms. The summed E-state index contributed by atoms with van der Waals surface area (Å²) in [5.74, 6) is -0.440. The summed E-state index contributed by atoms with van der Waals surface area (Å²) in [5.41, 5.74) is -0.0173. The Morgan fingerprint density at radius 3 is 2.35 bits per heavy atom. The van der Waals surface area contributed by atoms with E-state index >= 15 is 0 Å². The van der Waals surface area contributed by atoms with Crippen LogP contribution in [0.4, 0.5) is 18.9 Å². The lowest BCUT2D eigenvalue weighted by atomic mass is 10.1. The summed E-state index contributed by atoms with van der Waals surface area (Å²) in [4.78, 5) is 14.4. The first-order valence-electron chi connectivity index (χ1n) is 7.59. The van der Waals surface area contributed by atoms with Crippen LogP contribution in [0.3, 0.4) is 0 Å². The second kappa shape index (κ2) is 8.55. The van der Waals surface area contributed by atoms with Crippen LogP contribution in [0.25, 0.3) is 0 Å². The van der Waals surface area contributed by atoms with Gasteiger partial charge in [0.1, 0.15) is 9.57 Å². The molecule has 1 atom stereocenters. The van der Waals surface area contributed by atoms with Crippen LogP contribution in [-0.2, 0) is 11.0 Å². The number of thiocarbonyl (C=S) groups is 1. The second-order valence-corrected chi connectivity index (χ2v) is 7.38. The highest BCUT2D eigenvalue weighted by Gasteiger charge is 2.31. The molecule has 0 fully saturated rings. The smallest absolute Gasteiger partial charge is 0.364 e. The minimum Gasteiger partial charge on any atom is -0.364 e. The number of hydrogen-bond donors (Lipinski definition) is 1. The number of nitrogens with zero attached hydrogens (tertiary/aromatic N) is 1. The maximum atomic E-state index is 12.9. The van der Waals surface area contributed by atoms with E-state index in [2.05, 4.69) is 5.32 Å². The molecule has 0 saturated carbocycles. The summed E-state index contributed by atoms with van der Waals surface area (Å²) in [5, 5.41) is 1.88. The van der Waals surface area contributed by atoms with Crippen molar-refractivity contribution in [2.75, 3.05) is 19.4 Å². The largest absolute Gasteiger partial charge is 0.416 e. The van der Waals surface area contributed by atoms with Crippen LogP contribution in [0, 0.1) is 0 Å². The lowest BCUT2D eigenvalue weighted by Gasteiger charge is -2.20. The number of anilines is 1. The fourth-order valence-corrected chi connectivity index (χ4v) is 3.25. The van der Waals surface area contributed by atoms with Gasteiger partial charge in [-0.1, -0.05) is 60.4 Å². The molecule has 2 aromatic carbocycles.